The van der Waals surface area contributed by atoms with Crippen LogP contribution in [-0.4, -0.2) is 11.6 Å². The van der Waals surface area contributed by atoms with Crippen molar-refractivity contribution in [1.82, 2.24) is 0 Å². The number of hydrogen-bond acceptors (Lipinski definition) is 2. The van der Waals surface area contributed by atoms with E-state index in [1.165, 1.54) is 19.3 Å². The summed E-state index contributed by atoms with van der Waals surface area (Å²) < 4.78 is 5.58. The van der Waals surface area contributed by atoms with Gasteiger partial charge in [-0.05, 0) is 93.3 Å². The zero-order valence-corrected chi connectivity index (χ0v) is 14.8. The predicted molar refractivity (Wildman–Crippen MR) is 87.1 cm³/mol. The van der Waals surface area contributed by atoms with Gasteiger partial charge in [-0.2, -0.15) is 0 Å². The molecule has 0 spiro atoms. The Balaban J connectivity index is 1.45. The van der Waals surface area contributed by atoms with Crippen LogP contribution in [0, 0.1) is 53.3 Å². The molecule has 0 aromatic rings. The first-order chi connectivity index (χ1) is 10.3. The molecule has 0 heterocycles. The number of rotatable bonds is 2. The molecule has 4 aliphatic rings. The maximum atomic E-state index is 12.2. The third-order valence-electron chi connectivity index (χ3n) is 7.83. The third kappa shape index (κ3) is 2.08. The van der Waals surface area contributed by atoms with Crippen LogP contribution in [0.2, 0.25) is 0 Å². The quantitative estimate of drug-likeness (QED) is 0.553. The van der Waals surface area contributed by atoms with Crippen LogP contribution < -0.4 is 0 Å². The zero-order valence-electron chi connectivity index (χ0n) is 14.8. The Morgan fingerprint density at radius 3 is 2.23 bits per heavy atom. The molecule has 0 radical (unpaired) electrons. The van der Waals surface area contributed by atoms with Crippen molar-refractivity contribution in [3.05, 3.63) is 0 Å². The van der Waals surface area contributed by atoms with Gasteiger partial charge in [-0.1, -0.05) is 13.8 Å². The smallest absolute Gasteiger partial charge is 0.306 e. The normalized spacial score (nSPS) is 52.1. The van der Waals surface area contributed by atoms with Crippen LogP contribution in [0.5, 0.6) is 0 Å². The van der Waals surface area contributed by atoms with E-state index in [1.54, 1.807) is 0 Å². The molecule has 0 amide bonds. The summed E-state index contributed by atoms with van der Waals surface area (Å²) >= 11 is 0. The van der Waals surface area contributed by atoms with Gasteiger partial charge in [0.2, 0.25) is 0 Å². The molecule has 9 atom stereocenters. The average molecular weight is 304 g/mol. The first kappa shape index (κ1) is 15.0. The molecule has 2 nitrogen and oxygen atoms in total. The maximum absolute atomic E-state index is 12.2. The number of ether oxygens (including phenoxy) is 1. The number of fused-ring (bicyclic) bond motifs is 9. The van der Waals surface area contributed by atoms with Crippen molar-refractivity contribution in [2.45, 2.75) is 65.9 Å². The zero-order chi connectivity index (χ0) is 15.8. The van der Waals surface area contributed by atoms with Crippen LogP contribution in [0.25, 0.3) is 0 Å². The van der Waals surface area contributed by atoms with Crippen LogP contribution in [0.1, 0.15) is 60.3 Å². The van der Waals surface area contributed by atoms with Gasteiger partial charge in [-0.3, -0.25) is 4.79 Å². The monoisotopic (exact) mass is 304 g/mol. The fourth-order valence-electron chi connectivity index (χ4n) is 7.20. The molecule has 4 saturated carbocycles. The fourth-order valence-corrected chi connectivity index (χ4v) is 7.20. The maximum Gasteiger partial charge on any atom is 0.306 e. The van der Waals surface area contributed by atoms with E-state index in [1.807, 2.05) is 20.8 Å². The summed E-state index contributed by atoms with van der Waals surface area (Å²) in [6.07, 6.45) is 4.87. The molecule has 0 aromatic heterocycles. The minimum absolute atomic E-state index is 0.0335. The molecular weight excluding hydrogens is 272 g/mol. The summed E-state index contributed by atoms with van der Waals surface area (Å²) in [4.78, 5) is 12.2. The van der Waals surface area contributed by atoms with Crippen LogP contribution in [-0.2, 0) is 9.53 Å². The second-order valence-electron chi connectivity index (χ2n) is 9.88. The van der Waals surface area contributed by atoms with Crippen molar-refractivity contribution in [2.24, 2.45) is 53.3 Å². The fraction of sp³-hybridized carbons (Fsp3) is 0.950. The van der Waals surface area contributed by atoms with E-state index in [4.69, 9.17) is 4.74 Å². The highest BCUT2D eigenvalue weighted by Crippen LogP contribution is 2.71. The van der Waals surface area contributed by atoms with Gasteiger partial charge in [0.25, 0.3) is 0 Å². The SMILES string of the molecule is CC1C(C)C2CC1C1C3CC(CC(=O)OC(C)(C)C)C(C3)C21. The van der Waals surface area contributed by atoms with E-state index in [0.29, 0.717) is 12.3 Å². The molecule has 4 aliphatic carbocycles. The van der Waals surface area contributed by atoms with Crippen LogP contribution in [0.15, 0.2) is 0 Å². The van der Waals surface area contributed by atoms with Gasteiger partial charge in [0.15, 0.2) is 0 Å². The van der Waals surface area contributed by atoms with Gasteiger partial charge < -0.3 is 4.74 Å². The van der Waals surface area contributed by atoms with Crippen molar-refractivity contribution in [2.75, 3.05) is 0 Å². The van der Waals surface area contributed by atoms with Crippen molar-refractivity contribution in [3.63, 3.8) is 0 Å². The summed E-state index contributed by atoms with van der Waals surface area (Å²) in [5.74, 6) is 8.17. The molecule has 0 N–H and O–H groups in total. The number of carbonyl (C=O) groups is 1. The van der Waals surface area contributed by atoms with E-state index < -0.39 is 0 Å². The van der Waals surface area contributed by atoms with Crippen LogP contribution in [0.3, 0.4) is 0 Å². The Labute approximate surface area is 135 Å². The van der Waals surface area contributed by atoms with Crippen molar-refractivity contribution in [3.8, 4) is 0 Å². The van der Waals surface area contributed by atoms with Crippen molar-refractivity contribution in [1.29, 1.82) is 0 Å². The van der Waals surface area contributed by atoms with E-state index in [-0.39, 0.29) is 11.6 Å². The Morgan fingerprint density at radius 1 is 0.955 bits per heavy atom. The summed E-state index contributed by atoms with van der Waals surface area (Å²) in [6, 6.07) is 0. The standard InChI is InChI=1S/C20H32O2/c1-10-11(2)15-9-14(10)18-13-6-12(16(7-13)19(15)18)8-17(21)22-20(3,4)5/h10-16,18-19H,6-9H2,1-5H3. The summed E-state index contributed by atoms with van der Waals surface area (Å²) in [6.45, 7) is 10.9. The summed E-state index contributed by atoms with van der Waals surface area (Å²) in [5.41, 5.74) is -0.340. The van der Waals surface area contributed by atoms with Crippen molar-refractivity contribution < 1.29 is 9.53 Å². The Bertz CT molecular complexity index is 477. The molecule has 124 valence electrons. The summed E-state index contributed by atoms with van der Waals surface area (Å²) in [5, 5.41) is 0. The van der Waals surface area contributed by atoms with Crippen LogP contribution >= 0.6 is 0 Å². The molecule has 4 fully saturated rings. The van der Waals surface area contributed by atoms with Gasteiger partial charge in [0.05, 0.1) is 0 Å². The second kappa shape index (κ2) is 4.74. The van der Waals surface area contributed by atoms with Crippen LogP contribution in [0.4, 0.5) is 0 Å². The molecule has 4 rings (SSSR count). The van der Waals surface area contributed by atoms with Gasteiger partial charge in [0.1, 0.15) is 5.60 Å². The highest BCUT2D eigenvalue weighted by atomic mass is 16.6. The van der Waals surface area contributed by atoms with Gasteiger partial charge in [-0.15, -0.1) is 0 Å². The molecule has 9 unspecified atom stereocenters. The minimum atomic E-state index is -0.340. The molecule has 22 heavy (non-hydrogen) atoms. The molecule has 0 saturated heterocycles. The van der Waals surface area contributed by atoms with E-state index in [9.17, 15) is 4.79 Å². The van der Waals surface area contributed by atoms with Gasteiger partial charge >= 0.3 is 5.97 Å². The highest BCUT2D eigenvalue weighted by Gasteiger charge is 2.65. The molecule has 4 bridgehead atoms. The minimum Gasteiger partial charge on any atom is -0.460 e. The van der Waals surface area contributed by atoms with E-state index >= 15 is 0 Å². The molecule has 0 aromatic carbocycles. The first-order valence-corrected chi connectivity index (χ1v) is 9.48. The number of carbonyl (C=O) groups excluding carboxylic acids is 1. The predicted octanol–water partition coefficient (Wildman–Crippen LogP) is 4.53. The first-order valence-electron chi connectivity index (χ1n) is 9.48. The lowest BCUT2D eigenvalue weighted by molar-refractivity contribution is -0.156. The van der Waals surface area contributed by atoms with Gasteiger partial charge in [0, 0.05) is 6.42 Å². The second-order valence-corrected chi connectivity index (χ2v) is 9.88. The van der Waals surface area contributed by atoms with Crippen molar-refractivity contribution >= 4 is 5.97 Å². The lowest BCUT2D eigenvalue weighted by Gasteiger charge is -2.43. The molecular formula is C20H32O2. The largest absolute Gasteiger partial charge is 0.460 e. The molecule has 2 heteroatoms. The topological polar surface area (TPSA) is 26.3 Å². The van der Waals surface area contributed by atoms with E-state index in [0.717, 1.165) is 47.3 Å². The Kier molecular flexibility index (Phi) is 3.24. The highest BCUT2D eigenvalue weighted by molar-refractivity contribution is 5.70. The Morgan fingerprint density at radius 2 is 1.59 bits per heavy atom. The number of hydrogen-bond donors (Lipinski definition) is 0. The Hall–Kier alpha value is -0.530. The van der Waals surface area contributed by atoms with E-state index in [2.05, 4.69) is 13.8 Å². The average Bonchev–Trinajstić information content (AvgIpc) is 3.07. The summed E-state index contributed by atoms with van der Waals surface area (Å²) in [7, 11) is 0. The lowest BCUT2D eigenvalue weighted by atomic mass is 9.62. The lowest BCUT2D eigenvalue weighted by Crippen LogP contribution is -2.39. The third-order valence-corrected chi connectivity index (χ3v) is 7.83. The number of esters is 1. The molecule has 0 aliphatic heterocycles. The van der Waals surface area contributed by atoms with Gasteiger partial charge in [-0.25, -0.2) is 0 Å².